The van der Waals surface area contributed by atoms with Crippen LogP contribution in [0.3, 0.4) is 0 Å². The first kappa shape index (κ1) is 11.8. The first-order valence-electron chi connectivity index (χ1n) is 3.66. The van der Waals surface area contributed by atoms with Gasteiger partial charge in [-0.2, -0.15) is 11.8 Å². The highest BCUT2D eigenvalue weighted by atomic mass is 32.2. The van der Waals surface area contributed by atoms with Crippen LogP contribution in [-0.2, 0) is 9.59 Å². The summed E-state index contributed by atoms with van der Waals surface area (Å²) in [7, 11) is 0. The van der Waals surface area contributed by atoms with Crippen molar-refractivity contribution in [2.75, 3.05) is 11.5 Å². The van der Waals surface area contributed by atoms with Crippen molar-refractivity contribution in [1.29, 1.82) is 0 Å². The van der Waals surface area contributed by atoms with E-state index >= 15 is 0 Å². The average molecular weight is 201 g/mol. The van der Waals surface area contributed by atoms with E-state index in [0.29, 0.717) is 24.3 Å². The zero-order chi connectivity index (χ0) is 10.1. The summed E-state index contributed by atoms with van der Waals surface area (Å²) < 4.78 is 0. The summed E-state index contributed by atoms with van der Waals surface area (Å²) in [5, 5.41) is 10.8. The SMILES string of the molecule is C#CCCSCC(NC=O)C(=O)O. The zero-order valence-corrected chi connectivity index (χ0v) is 7.84. The smallest absolute Gasteiger partial charge is 0.327 e. The van der Waals surface area contributed by atoms with E-state index in [9.17, 15) is 9.59 Å². The predicted octanol–water partition coefficient (Wildman–Crippen LogP) is -0.0579. The molecule has 72 valence electrons. The van der Waals surface area contributed by atoms with Gasteiger partial charge in [0.15, 0.2) is 0 Å². The molecular formula is C8H11NO3S. The van der Waals surface area contributed by atoms with E-state index in [1.165, 1.54) is 11.8 Å². The molecule has 0 heterocycles. The highest BCUT2D eigenvalue weighted by Crippen LogP contribution is 2.04. The molecule has 2 N–H and O–H groups in total. The van der Waals surface area contributed by atoms with Gasteiger partial charge < -0.3 is 10.4 Å². The minimum Gasteiger partial charge on any atom is -0.480 e. The number of amides is 1. The van der Waals surface area contributed by atoms with E-state index in [2.05, 4.69) is 11.2 Å². The fraction of sp³-hybridized carbons (Fsp3) is 0.500. The molecule has 0 aromatic heterocycles. The molecular weight excluding hydrogens is 190 g/mol. The van der Waals surface area contributed by atoms with Crippen LogP contribution in [0, 0.1) is 12.3 Å². The Morgan fingerprint density at radius 1 is 1.77 bits per heavy atom. The van der Waals surface area contributed by atoms with E-state index in [1.807, 2.05) is 0 Å². The molecule has 4 nitrogen and oxygen atoms in total. The molecule has 0 rings (SSSR count). The van der Waals surface area contributed by atoms with Gasteiger partial charge >= 0.3 is 5.97 Å². The molecule has 0 aliphatic rings. The topological polar surface area (TPSA) is 66.4 Å². The number of rotatable bonds is 7. The van der Waals surface area contributed by atoms with Crippen molar-refractivity contribution in [3.05, 3.63) is 0 Å². The standard InChI is InChI=1S/C8H11NO3S/c1-2-3-4-13-5-7(8(11)12)9-6-10/h1,6-7H,3-5H2,(H,9,10)(H,11,12). The number of terminal acetylenes is 1. The monoisotopic (exact) mass is 201 g/mol. The summed E-state index contributed by atoms with van der Waals surface area (Å²) in [6.07, 6.45) is 6.01. The molecule has 1 unspecified atom stereocenters. The molecule has 0 aliphatic carbocycles. The fourth-order valence-corrected chi connectivity index (χ4v) is 1.51. The molecule has 13 heavy (non-hydrogen) atoms. The van der Waals surface area contributed by atoms with Crippen molar-refractivity contribution in [3.63, 3.8) is 0 Å². The number of hydrogen-bond acceptors (Lipinski definition) is 3. The Balaban J connectivity index is 3.64. The molecule has 0 saturated heterocycles. The van der Waals surface area contributed by atoms with Crippen molar-refractivity contribution in [3.8, 4) is 12.3 Å². The number of nitrogens with one attached hydrogen (secondary N) is 1. The fourth-order valence-electron chi connectivity index (χ4n) is 0.605. The van der Waals surface area contributed by atoms with E-state index in [1.54, 1.807) is 0 Å². The number of carbonyl (C=O) groups is 2. The number of carboxylic acid groups (broad SMARTS) is 1. The van der Waals surface area contributed by atoms with E-state index < -0.39 is 12.0 Å². The number of aliphatic carboxylic acids is 1. The summed E-state index contributed by atoms with van der Waals surface area (Å²) >= 11 is 1.41. The summed E-state index contributed by atoms with van der Waals surface area (Å²) in [4.78, 5) is 20.5. The van der Waals surface area contributed by atoms with Gasteiger partial charge in [0.1, 0.15) is 6.04 Å². The quantitative estimate of drug-likeness (QED) is 0.344. The van der Waals surface area contributed by atoms with Gasteiger partial charge in [-0.25, -0.2) is 4.79 Å². The molecule has 0 aromatic rings. The molecule has 0 spiro atoms. The lowest BCUT2D eigenvalue weighted by Gasteiger charge is -2.09. The van der Waals surface area contributed by atoms with Crippen LogP contribution in [0.25, 0.3) is 0 Å². The summed E-state index contributed by atoms with van der Waals surface area (Å²) in [5.74, 6) is 2.47. The van der Waals surface area contributed by atoms with E-state index in [4.69, 9.17) is 11.5 Å². The lowest BCUT2D eigenvalue weighted by molar-refractivity contribution is -0.139. The van der Waals surface area contributed by atoms with Crippen LogP contribution in [0.5, 0.6) is 0 Å². The second kappa shape index (κ2) is 7.50. The first-order chi connectivity index (χ1) is 6.22. The normalized spacial score (nSPS) is 11.3. The van der Waals surface area contributed by atoms with Gasteiger partial charge in [-0.3, -0.25) is 4.79 Å². The predicted molar refractivity (Wildman–Crippen MR) is 51.4 cm³/mol. The highest BCUT2D eigenvalue weighted by molar-refractivity contribution is 7.99. The lowest BCUT2D eigenvalue weighted by Crippen LogP contribution is -2.37. The second-order valence-corrected chi connectivity index (χ2v) is 3.35. The third-order valence-corrected chi connectivity index (χ3v) is 2.30. The molecule has 0 radical (unpaired) electrons. The van der Waals surface area contributed by atoms with Gasteiger partial charge in [0, 0.05) is 17.9 Å². The van der Waals surface area contributed by atoms with Crippen molar-refractivity contribution >= 4 is 24.1 Å². The number of hydrogen-bond donors (Lipinski definition) is 2. The first-order valence-corrected chi connectivity index (χ1v) is 4.81. The van der Waals surface area contributed by atoms with Crippen LogP contribution in [0.2, 0.25) is 0 Å². The second-order valence-electron chi connectivity index (χ2n) is 2.20. The maximum atomic E-state index is 10.5. The van der Waals surface area contributed by atoms with Crippen molar-refractivity contribution in [2.45, 2.75) is 12.5 Å². The summed E-state index contributed by atoms with van der Waals surface area (Å²) in [6, 6.07) is -0.819. The van der Waals surface area contributed by atoms with Crippen LogP contribution < -0.4 is 5.32 Å². The Kier molecular flexibility index (Phi) is 6.83. The van der Waals surface area contributed by atoms with Crippen molar-refractivity contribution in [1.82, 2.24) is 5.32 Å². The van der Waals surface area contributed by atoms with Gasteiger partial charge in [0.25, 0.3) is 0 Å². The molecule has 0 aliphatic heterocycles. The Morgan fingerprint density at radius 2 is 2.46 bits per heavy atom. The molecule has 0 fully saturated rings. The maximum Gasteiger partial charge on any atom is 0.327 e. The number of carboxylic acids is 1. The molecule has 5 heteroatoms. The summed E-state index contributed by atoms with van der Waals surface area (Å²) in [6.45, 7) is 0. The van der Waals surface area contributed by atoms with Gasteiger partial charge in [0.05, 0.1) is 0 Å². The Bertz CT molecular complexity index is 212. The van der Waals surface area contributed by atoms with Crippen molar-refractivity contribution < 1.29 is 14.7 Å². The van der Waals surface area contributed by atoms with Gasteiger partial charge in [-0.1, -0.05) is 0 Å². The molecule has 0 bridgehead atoms. The molecule has 1 atom stereocenters. The van der Waals surface area contributed by atoms with Crippen LogP contribution in [0.1, 0.15) is 6.42 Å². The Morgan fingerprint density at radius 3 is 2.92 bits per heavy atom. The van der Waals surface area contributed by atoms with Crippen LogP contribution in [0.4, 0.5) is 0 Å². The lowest BCUT2D eigenvalue weighted by atomic mass is 10.3. The average Bonchev–Trinajstić information content (AvgIpc) is 2.10. The number of carbonyl (C=O) groups excluding carboxylic acids is 1. The minimum absolute atomic E-state index is 0.343. The largest absolute Gasteiger partial charge is 0.480 e. The minimum atomic E-state index is -1.03. The van der Waals surface area contributed by atoms with Crippen LogP contribution in [0.15, 0.2) is 0 Å². The third-order valence-electron chi connectivity index (χ3n) is 1.24. The number of thioether (sulfide) groups is 1. The van der Waals surface area contributed by atoms with Crippen LogP contribution >= 0.6 is 11.8 Å². The van der Waals surface area contributed by atoms with E-state index in [-0.39, 0.29) is 0 Å². The third kappa shape index (κ3) is 6.05. The molecule has 1 amide bonds. The Labute approximate surface area is 81.1 Å². The van der Waals surface area contributed by atoms with Gasteiger partial charge in [0.2, 0.25) is 6.41 Å². The molecule has 0 saturated carbocycles. The van der Waals surface area contributed by atoms with Crippen molar-refractivity contribution in [2.24, 2.45) is 0 Å². The van der Waals surface area contributed by atoms with Gasteiger partial charge in [-0.15, -0.1) is 12.3 Å². The summed E-state index contributed by atoms with van der Waals surface area (Å²) in [5.41, 5.74) is 0. The van der Waals surface area contributed by atoms with E-state index in [0.717, 1.165) is 0 Å². The van der Waals surface area contributed by atoms with Crippen LogP contribution in [-0.4, -0.2) is 35.0 Å². The van der Waals surface area contributed by atoms with Gasteiger partial charge in [-0.05, 0) is 0 Å². The molecule has 0 aromatic carbocycles. The maximum absolute atomic E-state index is 10.5. The zero-order valence-electron chi connectivity index (χ0n) is 7.03. The highest BCUT2D eigenvalue weighted by Gasteiger charge is 2.15. The Hall–Kier alpha value is -1.15.